The molecule has 0 atom stereocenters. The molecule has 10 heteroatoms. The molecule has 0 amide bonds. The minimum Gasteiger partial charge on any atom is -0.505 e. The van der Waals surface area contributed by atoms with Crippen molar-refractivity contribution in [2.24, 2.45) is 4.99 Å². The van der Waals surface area contributed by atoms with E-state index in [0.29, 0.717) is 11.6 Å². The van der Waals surface area contributed by atoms with Crippen molar-refractivity contribution in [2.45, 2.75) is 19.3 Å². The molecule has 0 radical (unpaired) electrons. The van der Waals surface area contributed by atoms with Crippen molar-refractivity contribution in [3.8, 4) is 5.75 Å². The Hall–Kier alpha value is -2.11. The number of benzene rings is 2. The highest BCUT2D eigenvalue weighted by Gasteiger charge is 2.33. The molecule has 0 heterocycles. The largest absolute Gasteiger partial charge is 0.505 e. The van der Waals surface area contributed by atoms with Crippen LogP contribution in [0.25, 0.3) is 0 Å². The third kappa shape index (κ3) is 6.52. The van der Waals surface area contributed by atoms with Crippen LogP contribution in [0.1, 0.15) is 16.7 Å². The number of halogens is 6. The lowest BCUT2D eigenvalue weighted by Crippen LogP contribution is -2.36. The maximum Gasteiger partial charge on any atom is 0.416 e. The molecule has 0 fully saturated rings. The van der Waals surface area contributed by atoms with Crippen LogP contribution < -0.4 is 10.6 Å². The van der Waals surface area contributed by atoms with Crippen LogP contribution in [0.5, 0.6) is 5.75 Å². The second-order valence-electron chi connectivity index (χ2n) is 5.36. The molecular formula is C17H17F5IN3O. The summed E-state index contributed by atoms with van der Waals surface area (Å²) >= 11 is 0. The van der Waals surface area contributed by atoms with Crippen molar-refractivity contribution < 1.29 is 27.1 Å². The van der Waals surface area contributed by atoms with Crippen LogP contribution >= 0.6 is 24.0 Å². The summed E-state index contributed by atoms with van der Waals surface area (Å²) in [4.78, 5) is 3.86. The first kappa shape index (κ1) is 22.9. The summed E-state index contributed by atoms with van der Waals surface area (Å²) in [5, 5.41) is 14.6. The minimum absolute atomic E-state index is 0. The van der Waals surface area contributed by atoms with Gasteiger partial charge in [0.1, 0.15) is 5.82 Å². The predicted molar refractivity (Wildman–Crippen MR) is 102 cm³/mol. The first-order chi connectivity index (χ1) is 12.2. The van der Waals surface area contributed by atoms with E-state index in [9.17, 15) is 22.0 Å². The minimum atomic E-state index is -4.68. The fraction of sp³-hybridized carbons (Fsp3) is 0.235. The van der Waals surface area contributed by atoms with Crippen LogP contribution in [-0.4, -0.2) is 18.1 Å². The normalized spacial score (nSPS) is 11.7. The van der Waals surface area contributed by atoms with Crippen molar-refractivity contribution >= 4 is 29.9 Å². The lowest BCUT2D eigenvalue weighted by atomic mass is 10.1. The molecular weight excluding hydrogens is 484 g/mol. The van der Waals surface area contributed by atoms with E-state index >= 15 is 0 Å². The van der Waals surface area contributed by atoms with Crippen LogP contribution in [0.15, 0.2) is 41.4 Å². The van der Waals surface area contributed by atoms with Crippen molar-refractivity contribution in [3.05, 3.63) is 64.7 Å². The molecule has 0 unspecified atom stereocenters. The molecule has 0 aliphatic rings. The van der Waals surface area contributed by atoms with Gasteiger partial charge in [0.15, 0.2) is 17.5 Å². The fourth-order valence-electron chi connectivity index (χ4n) is 2.21. The van der Waals surface area contributed by atoms with Gasteiger partial charge in [0.05, 0.1) is 5.56 Å². The van der Waals surface area contributed by atoms with Crippen molar-refractivity contribution in [1.29, 1.82) is 0 Å². The molecule has 0 bridgehead atoms. The van der Waals surface area contributed by atoms with Gasteiger partial charge in [-0.25, -0.2) is 8.78 Å². The van der Waals surface area contributed by atoms with Gasteiger partial charge >= 0.3 is 6.18 Å². The van der Waals surface area contributed by atoms with Gasteiger partial charge in [-0.3, -0.25) is 4.99 Å². The number of phenols is 1. The standard InChI is InChI=1S/C17H16F5N3O.HI/c1-23-16(24-8-10-2-5-15(26)14(19)6-10)25-9-11-3-4-12(18)7-13(11)17(20,21)22;/h2-7,26H,8-9H2,1H3,(H2,23,24,25);1H. The van der Waals surface area contributed by atoms with Gasteiger partial charge < -0.3 is 15.7 Å². The summed E-state index contributed by atoms with van der Waals surface area (Å²) in [5.74, 6) is -2.06. The number of phenolic OH excluding ortho intramolecular Hbond substituents is 1. The summed E-state index contributed by atoms with van der Waals surface area (Å²) in [7, 11) is 1.42. The molecule has 2 aromatic rings. The second-order valence-corrected chi connectivity index (χ2v) is 5.36. The molecule has 0 aliphatic heterocycles. The zero-order valence-corrected chi connectivity index (χ0v) is 16.4. The number of hydrogen-bond donors (Lipinski definition) is 3. The summed E-state index contributed by atoms with van der Waals surface area (Å²) < 4.78 is 65.3. The third-order valence-electron chi connectivity index (χ3n) is 3.52. The van der Waals surface area contributed by atoms with Crippen LogP contribution in [-0.2, 0) is 19.3 Å². The Balaban J connectivity index is 0.00000364. The van der Waals surface area contributed by atoms with Crippen LogP contribution in [0.4, 0.5) is 22.0 Å². The number of rotatable bonds is 4. The number of guanidine groups is 1. The molecule has 0 aliphatic carbocycles. The number of aliphatic imine (C=N–C) groups is 1. The van der Waals surface area contributed by atoms with Gasteiger partial charge in [-0.15, -0.1) is 24.0 Å². The van der Waals surface area contributed by atoms with Gasteiger partial charge in [0, 0.05) is 20.1 Å². The Labute approximate surface area is 169 Å². The monoisotopic (exact) mass is 501 g/mol. The molecule has 0 saturated heterocycles. The van der Waals surface area contributed by atoms with Gasteiger partial charge in [0.2, 0.25) is 0 Å². The van der Waals surface area contributed by atoms with E-state index in [1.807, 2.05) is 0 Å². The van der Waals surface area contributed by atoms with E-state index in [1.165, 1.54) is 19.2 Å². The highest BCUT2D eigenvalue weighted by Crippen LogP contribution is 2.32. The maximum atomic E-state index is 13.3. The van der Waals surface area contributed by atoms with E-state index in [-0.39, 0.29) is 48.6 Å². The topological polar surface area (TPSA) is 56.7 Å². The van der Waals surface area contributed by atoms with Crippen LogP contribution in [0.2, 0.25) is 0 Å². The highest BCUT2D eigenvalue weighted by atomic mass is 127. The molecule has 2 aromatic carbocycles. The number of nitrogens with zero attached hydrogens (tertiary/aromatic N) is 1. The van der Waals surface area contributed by atoms with Gasteiger partial charge in [-0.05, 0) is 35.4 Å². The summed E-state index contributed by atoms with van der Waals surface area (Å²) in [5.41, 5.74) is -0.709. The lowest BCUT2D eigenvalue weighted by molar-refractivity contribution is -0.138. The average molecular weight is 501 g/mol. The van der Waals surface area contributed by atoms with E-state index in [1.54, 1.807) is 0 Å². The summed E-state index contributed by atoms with van der Waals surface area (Å²) in [6, 6.07) is 6.23. The molecule has 3 N–H and O–H groups in total. The van der Waals surface area contributed by atoms with Gasteiger partial charge in [-0.2, -0.15) is 13.2 Å². The Morgan fingerprint density at radius 3 is 2.30 bits per heavy atom. The predicted octanol–water partition coefficient (Wildman–Crippen LogP) is 4.17. The Morgan fingerprint density at radius 1 is 1.04 bits per heavy atom. The number of hydrogen-bond acceptors (Lipinski definition) is 2. The highest BCUT2D eigenvalue weighted by molar-refractivity contribution is 14.0. The first-order valence-electron chi connectivity index (χ1n) is 7.48. The Bertz CT molecular complexity index is 812. The molecule has 0 spiro atoms. The number of nitrogens with one attached hydrogen (secondary N) is 2. The molecule has 27 heavy (non-hydrogen) atoms. The molecule has 148 valence electrons. The third-order valence-corrected chi connectivity index (χ3v) is 3.52. The summed E-state index contributed by atoms with van der Waals surface area (Å²) in [6.07, 6.45) is -4.68. The van der Waals surface area contributed by atoms with Crippen LogP contribution in [0, 0.1) is 11.6 Å². The molecule has 4 nitrogen and oxygen atoms in total. The Morgan fingerprint density at radius 2 is 1.70 bits per heavy atom. The van der Waals surface area contributed by atoms with E-state index in [0.717, 1.165) is 18.2 Å². The van der Waals surface area contributed by atoms with Crippen molar-refractivity contribution in [3.63, 3.8) is 0 Å². The zero-order chi connectivity index (χ0) is 19.3. The quantitative estimate of drug-likeness (QED) is 0.255. The lowest BCUT2D eigenvalue weighted by Gasteiger charge is -2.16. The second kappa shape index (κ2) is 9.72. The first-order valence-corrected chi connectivity index (χ1v) is 7.48. The average Bonchev–Trinajstić information content (AvgIpc) is 2.58. The van der Waals surface area contributed by atoms with Gasteiger partial charge in [-0.1, -0.05) is 12.1 Å². The number of aromatic hydroxyl groups is 1. The van der Waals surface area contributed by atoms with E-state index in [2.05, 4.69) is 15.6 Å². The summed E-state index contributed by atoms with van der Waals surface area (Å²) in [6.45, 7) is -0.106. The SMILES string of the molecule is CN=C(NCc1ccc(O)c(F)c1)NCc1ccc(F)cc1C(F)(F)F.I. The van der Waals surface area contributed by atoms with E-state index < -0.39 is 29.1 Å². The van der Waals surface area contributed by atoms with E-state index in [4.69, 9.17) is 5.11 Å². The zero-order valence-electron chi connectivity index (χ0n) is 14.1. The smallest absolute Gasteiger partial charge is 0.416 e. The fourth-order valence-corrected chi connectivity index (χ4v) is 2.21. The molecule has 0 aromatic heterocycles. The van der Waals surface area contributed by atoms with Gasteiger partial charge in [0.25, 0.3) is 0 Å². The van der Waals surface area contributed by atoms with Crippen molar-refractivity contribution in [2.75, 3.05) is 7.05 Å². The molecule has 2 rings (SSSR count). The molecule has 0 saturated carbocycles. The number of alkyl halides is 3. The van der Waals surface area contributed by atoms with Crippen LogP contribution in [0.3, 0.4) is 0 Å². The Kier molecular flexibility index (Phi) is 8.25. The van der Waals surface area contributed by atoms with Crippen molar-refractivity contribution in [1.82, 2.24) is 10.6 Å². The maximum absolute atomic E-state index is 13.3.